The molecule has 86 valence electrons. The van der Waals surface area contributed by atoms with Crippen molar-refractivity contribution in [1.82, 2.24) is 9.88 Å². The Balaban J connectivity index is 2.12. The molecule has 2 rings (SSSR count). The highest BCUT2D eigenvalue weighted by atomic mass is 16.4. The van der Waals surface area contributed by atoms with Crippen LogP contribution < -0.4 is 4.90 Å². The average molecular weight is 221 g/mol. The molecule has 16 heavy (non-hydrogen) atoms. The maximum Gasteiger partial charge on any atom is 0.322 e. The van der Waals surface area contributed by atoms with Crippen molar-refractivity contribution in [3.63, 3.8) is 0 Å². The lowest BCUT2D eigenvalue weighted by Crippen LogP contribution is -2.55. The van der Waals surface area contributed by atoms with Crippen LogP contribution in [0.15, 0.2) is 24.4 Å². The molecule has 5 nitrogen and oxygen atoms in total. The van der Waals surface area contributed by atoms with Crippen LogP contribution in [0.2, 0.25) is 0 Å². The maximum atomic E-state index is 11.1. The third-order valence-corrected chi connectivity index (χ3v) is 2.91. The predicted molar refractivity (Wildman–Crippen MR) is 60.5 cm³/mol. The Morgan fingerprint density at radius 2 is 2.31 bits per heavy atom. The molecule has 0 amide bonds. The number of carboxylic acids is 1. The molecule has 1 saturated heterocycles. The monoisotopic (exact) mass is 221 g/mol. The number of pyridine rings is 1. The van der Waals surface area contributed by atoms with E-state index in [4.69, 9.17) is 5.11 Å². The first-order valence-corrected chi connectivity index (χ1v) is 5.27. The lowest BCUT2D eigenvalue weighted by Gasteiger charge is -2.37. The number of hydrogen-bond acceptors (Lipinski definition) is 4. The molecule has 5 heteroatoms. The fourth-order valence-electron chi connectivity index (χ4n) is 1.89. The molecule has 1 atom stereocenters. The van der Waals surface area contributed by atoms with E-state index in [-0.39, 0.29) is 0 Å². The van der Waals surface area contributed by atoms with Gasteiger partial charge in [0.15, 0.2) is 0 Å². The molecule has 1 aliphatic rings. The van der Waals surface area contributed by atoms with Gasteiger partial charge in [-0.1, -0.05) is 6.07 Å². The van der Waals surface area contributed by atoms with E-state index in [0.29, 0.717) is 6.54 Å². The Morgan fingerprint density at radius 3 is 2.94 bits per heavy atom. The van der Waals surface area contributed by atoms with Crippen molar-refractivity contribution in [2.75, 3.05) is 31.6 Å². The van der Waals surface area contributed by atoms with Crippen molar-refractivity contribution in [3.05, 3.63) is 24.4 Å². The summed E-state index contributed by atoms with van der Waals surface area (Å²) in [7, 11) is 1.84. The number of hydrogen-bond donors (Lipinski definition) is 1. The first-order valence-electron chi connectivity index (χ1n) is 5.27. The van der Waals surface area contributed by atoms with Crippen molar-refractivity contribution >= 4 is 11.8 Å². The highest BCUT2D eigenvalue weighted by Crippen LogP contribution is 2.15. The fraction of sp³-hybridized carbons (Fsp3) is 0.455. The van der Waals surface area contributed by atoms with Gasteiger partial charge < -0.3 is 10.0 Å². The smallest absolute Gasteiger partial charge is 0.322 e. The molecule has 1 aromatic rings. The molecule has 1 unspecified atom stereocenters. The molecule has 1 N–H and O–H groups in total. The summed E-state index contributed by atoms with van der Waals surface area (Å²) in [4.78, 5) is 19.2. The van der Waals surface area contributed by atoms with E-state index in [1.165, 1.54) is 0 Å². The topological polar surface area (TPSA) is 56.7 Å². The fourth-order valence-corrected chi connectivity index (χ4v) is 1.89. The summed E-state index contributed by atoms with van der Waals surface area (Å²) in [5.74, 6) is 0.0741. The van der Waals surface area contributed by atoms with Crippen LogP contribution in [0.5, 0.6) is 0 Å². The molecule has 2 heterocycles. The molecule has 0 aromatic carbocycles. The van der Waals surface area contributed by atoms with Gasteiger partial charge in [0.05, 0.1) is 0 Å². The van der Waals surface area contributed by atoms with E-state index < -0.39 is 12.0 Å². The van der Waals surface area contributed by atoms with Gasteiger partial charge in [0.1, 0.15) is 11.9 Å². The molecule has 0 bridgehead atoms. The number of piperazine rings is 1. The van der Waals surface area contributed by atoms with Gasteiger partial charge in [0.2, 0.25) is 0 Å². The molecular formula is C11H15N3O2. The summed E-state index contributed by atoms with van der Waals surface area (Å²) in [5, 5.41) is 9.08. The van der Waals surface area contributed by atoms with Crippen molar-refractivity contribution in [3.8, 4) is 0 Å². The average Bonchev–Trinajstić information content (AvgIpc) is 2.30. The van der Waals surface area contributed by atoms with Gasteiger partial charge in [-0.25, -0.2) is 4.98 Å². The first kappa shape index (κ1) is 10.9. The van der Waals surface area contributed by atoms with Crippen LogP contribution in [-0.4, -0.2) is 53.7 Å². The Hall–Kier alpha value is -1.62. The zero-order valence-electron chi connectivity index (χ0n) is 9.21. The van der Waals surface area contributed by atoms with Crippen molar-refractivity contribution < 1.29 is 9.90 Å². The Labute approximate surface area is 94.3 Å². The van der Waals surface area contributed by atoms with Gasteiger partial charge >= 0.3 is 5.97 Å². The highest BCUT2D eigenvalue weighted by Gasteiger charge is 2.30. The van der Waals surface area contributed by atoms with Gasteiger partial charge in [0, 0.05) is 25.8 Å². The number of nitrogens with zero attached hydrogens (tertiary/aromatic N) is 3. The minimum atomic E-state index is -0.775. The van der Waals surface area contributed by atoms with E-state index >= 15 is 0 Å². The SMILES string of the molecule is CN1CCN(c2ccccn2)CC1C(=O)O. The van der Waals surface area contributed by atoms with E-state index in [1.807, 2.05) is 35.0 Å². The molecule has 1 aromatic heterocycles. The summed E-state index contributed by atoms with van der Waals surface area (Å²) in [6.07, 6.45) is 1.73. The van der Waals surface area contributed by atoms with Gasteiger partial charge in [-0.3, -0.25) is 9.69 Å². The molecule has 0 saturated carbocycles. The van der Waals surface area contributed by atoms with E-state index in [0.717, 1.165) is 18.9 Å². The number of aromatic nitrogens is 1. The van der Waals surface area contributed by atoms with Crippen molar-refractivity contribution in [2.24, 2.45) is 0 Å². The van der Waals surface area contributed by atoms with E-state index in [9.17, 15) is 4.79 Å². The number of aliphatic carboxylic acids is 1. The molecule has 0 spiro atoms. The van der Waals surface area contributed by atoms with Gasteiger partial charge in [0.25, 0.3) is 0 Å². The Kier molecular flexibility index (Phi) is 3.05. The molecule has 1 fully saturated rings. The summed E-state index contributed by atoms with van der Waals surface area (Å²) in [6.45, 7) is 2.05. The maximum absolute atomic E-state index is 11.1. The molecule has 1 aliphatic heterocycles. The summed E-state index contributed by atoms with van der Waals surface area (Å²) in [6, 6.07) is 5.23. The second-order valence-corrected chi connectivity index (χ2v) is 3.97. The summed E-state index contributed by atoms with van der Waals surface area (Å²) in [5.41, 5.74) is 0. The van der Waals surface area contributed by atoms with E-state index in [1.54, 1.807) is 6.20 Å². The Bertz CT molecular complexity index is 369. The minimum absolute atomic E-state index is 0.448. The second kappa shape index (κ2) is 4.49. The third kappa shape index (κ3) is 2.14. The first-order chi connectivity index (χ1) is 7.68. The van der Waals surface area contributed by atoms with Crippen LogP contribution in [0.25, 0.3) is 0 Å². The largest absolute Gasteiger partial charge is 0.480 e. The predicted octanol–water partition coefficient (Wildman–Crippen LogP) is 0.287. The Morgan fingerprint density at radius 1 is 1.50 bits per heavy atom. The van der Waals surface area contributed by atoms with Gasteiger partial charge in [-0.15, -0.1) is 0 Å². The standard InChI is InChI=1S/C11H15N3O2/c1-13-6-7-14(8-9(13)11(15)16)10-4-2-3-5-12-10/h2-5,9H,6-8H2,1H3,(H,15,16). The van der Waals surface area contributed by atoms with Crippen LogP contribution in [0.3, 0.4) is 0 Å². The van der Waals surface area contributed by atoms with Crippen LogP contribution in [0, 0.1) is 0 Å². The lowest BCUT2D eigenvalue weighted by atomic mass is 10.2. The van der Waals surface area contributed by atoms with Crippen LogP contribution in [0.4, 0.5) is 5.82 Å². The number of carbonyl (C=O) groups is 1. The molecule has 0 aliphatic carbocycles. The molecule has 0 radical (unpaired) electrons. The number of anilines is 1. The molecular weight excluding hydrogens is 206 g/mol. The highest BCUT2D eigenvalue weighted by molar-refractivity contribution is 5.74. The zero-order chi connectivity index (χ0) is 11.5. The quantitative estimate of drug-likeness (QED) is 0.777. The second-order valence-electron chi connectivity index (χ2n) is 3.97. The van der Waals surface area contributed by atoms with Crippen LogP contribution in [-0.2, 0) is 4.79 Å². The lowest BCUT2D eigenvalue weighted by molar-refractivity contribution is -0.142. The van der Waals surface area contributed by atoms with Crippen molar-refractivity contribution in [1.29, 1.82) is 0 Å². The number of rotatable bonds is 2. The minimum Gasteiger partial charge on any atom is -0.480 e. The number of carboxylic acid groups (broad SMARTS) is 1. The normalized spacial score (nSPS) is 22.1. The summed E-state index contributed by atoms with van der Waals surface area (Å²) < 4.78 is 0. The van der Waals surface area contributed by atoms with Gasteiger partial charge in [-0.05, 0) is 19.2 Å². The van der Waals surface area contributed by atoms with Gasteiger partial charge in [-0.2, -0.15) is 0 Å². The van der Waals surface area contributed by atoms with Crippen LogP contribution >= 0.6 is 0 Å². The van der Waals surface area contributed by atoms with Crippen molar-refractivity contribution in [2.45, 2.75) is 6.04 Å². The zero-order valence-corrected chi connectivity index (χ0v) is 9.21. The summed E-state index contributed by atoms with van der Waals surface area (Å²) >= 11 is 0. The van der Waals surface area contributed by atoms with Crippen LogP contribution in [0.1, 0.15) is 0 Å². The van der Waals surface area contributed by atoms with E-state index in [2.05, 4.69) is 4.98 Å². The third-order valence-electron chi connectivity index (χ3n) is 2.91. The number of likely N-dealkylation sites (N-methyl/N-ethyl adjacent to an activating group) is 1.